The molecule has 2 amide bonds. The maximum absolute atomic E-state index is 11.9. The summed E-state index contributed by atoms with van der Waals surface area (Å²) in [4.78, 5) is 14.3. The molecular formula is C20H25N3O2. The van der Waals surface area contributed by atoms with Crippen molar-refractivity contribution in [3.05, 3.63) is 71.8 Å². The van der Waals surface area contributed by atoms with E-state index in [9.17, 15) is 4.79 Å². The zero-order valence-corrected chi connectivity index (χ0v) is 14.4. The molecule has 0 spiro atoms. The zero-order valence-electron chi connectivity index (χ0n) is 14.4. The third kappa shape index (κ3) is 5.89. The lowest BCUT2D eigenvalue weighted by atomic mass is 10.2. The summed E-state index contributed by atoms with van der Waals surface area (Å²) in [6, 6.07) is 20.1. The number of amides is 2. The first-order chi connectivity index (χ1) is 12.3. The molecule has 3 rings (SSSR count). The molecule has 1 heterocycles. The largest absolute Gasteiger partial charge is 0.374 e. The molecule has 1 aliphatic heterocycles. The topological polar surface area (TPSA) is 53.6 Å². The number of hydrogen-bond donors (Lipinski definition) is 2. The molecule has 2 N–H and O–H groups in total. The van der Waals surface area contributed by atoms with Crippen molar-refractivity contribution in [3.63, 3.8) is 0 Å². The molecule has 2 aromatic rings. The van der Waals surface area contributed by atoms with Crippen LogP contribution in [0.1, 0.15) is 11.1 Å². The molecule has 0 saturated carbocycles. The normalized spacial score (nSPS) is 17.8. The Morgan fingerprint density at radius 1 is 1.00 bits per heavy atom. The van der Waals surface area contributed by atoms with Gasteiger partial charge in [0.2, 0.25) is 0 Å². The maximum atomic E-state index is 11.9. The summed E-state index contributed by atoms with van der Waals surface area (Å²) in [5.41, 5.74) is 2.39. The van der Waals surface area contributed by atoms with Crippen molar-refractivity contribution in [2.75, 3.05) is 26.2 Å². The number of ether oxygens (including phenoxy) is 1. The molecule has 2 aromatic carbocycles. The number of hydrogen-bond acceptors (Lipinski definition) is 3. The number of nitrogens with one attached hydrogen (secondary N) is 2. The van der Waals surface area contributed by atoms with E-state index in [2.05, 4.69) is 39.8 Å². The Bertz CT molecular complexity index is 649. The van der Waals surface area contributed by atoms with Crippen molar-refractivity contribution < 1.29 is 9.53 Å². The van der Waals surface area contributed by atoms with Gasteiger partial charge >= 0.3 is 6.03 Å². The Kier molecular flexibility index (Phi) is 6.42. The van der Waals surface area contributed by atoms with Crippen LogP contribution >= 0.6 is 0 Å². The van der Waals surface area contributed by atoms with Crippen molar-refractivity contribution >= 4 is 6.03 Å². The molecule has 0 aromatic heterocycles. The summed E-state index contributed by atoms with van der Waals surface area (Å²) in [7, 11) is 0. The Morgan fingerprint density at radius 2 is 1.68 bits per heavy atom. The zero-order chi connectivity index (χ0) is 17.3. The summed E-state index contributed by atoms with van der Waals surface area (Å²) >= 11 is 0. The van der Waals surface area contributed by atoms with Crippen molar-refractivity contribution in [2.24, 2.45) is 0 Å². The molecular weight excluding hydrogens is 314 g/mol. The van der Waals surface area contributed by atoms with E-state index >= 15 is 0 Å². The Morgan fingerprint density at radius 3 is 2.40 bits per heavy atom. The van der Waals surface area contributed by atoms with Crippen molar-refractivity contribution in [1.29, 1.82) is 0 Å². The van der Waals surface area contributed by atoms with E-state index in [1.165, 1.54) is 5.56 Å². The average molecular weight is 339 g/mol. The quantitative estimate of drug-likeness (QED) is 0.850. The summed E-state index contributed by atoms with van der Waals surface area (Å²) in [6.07, 6.45) is 0.0277. The lowest BCUT2D eigenvalue weighted by Gasteiger charge is -2.33. The number of carbonyl (C=O) groups is 1. The Hall–Kier alpha value is -2.37. The number of nitrogens with zero attached hydrogens (tertiary/aromatic N) is 1. The van der Waals surface area contributed by atoms with Gasteiger partial charge in [-0.25, -0.2) is 4.79 Å². The van der Waals surface area contributed by atoms with Crippen molar-refractivity contribution in [2.45, 2.75) is 19.2 Å². The second-order valence-electron chi connectivity index (χ2n) is 6.26. The van der Waals surface area contributed by atoms with Gasteiger partial charge in [0.15, 0.2) is 0 Å². The molecule has 0 bridgehead atoms. The highest BCUT2D eigenvalue weighted by Gasteiger charge is 2.20. The molecule has 25 heavy (non-hydrogen) atoms. The molecule has 0 unspecified atom stereocenters. The van der Waals surface area contributed by atoms with Gasteiger partial charge in [-0.05, 0) is 11.1 Å². The standard InChI is InChI=1S/C20H25N3O2/c24-20(21-13-17-7-3-1-4-8-17)22-14-19-16-23(11-12-25-19)15-18-9-5-2-6-10-18/h1-10,19H,11-16H2,(H2,21,22,24)/t19-/m1/s1. The lowest BCUT2D eigenvalue weighted by molar-refractivity contribution is -0.0287. The van der Waals surface area contributed by atoms with Gasteiger partial charge in [-0.15, -0.1) is 0 Å². The van der Waals surface area contributed by atoms with E-state index < -0.39 is 0 Å². The second-order valence-corrected chi connectivity index (χ2v) is 6.26. The highest BCUT2D eigenvalue weighted by molar-refractivity contribution is 5.73. The molecule has 1 atom stereocenters. The fraction of sp³-hybridized carbons (Fsp3) is 0.350. The molecule has 132 valence electrons. The molecule has 1 fully saturated rings. The van der Waals surface area contributed by atoms with Crippen LogP contribution in [0.2, 0.25) is 0 Å². The monoisotopic (exact) mass is 339 g/mol. The molecule has 5 nitrogen and oxygen atoms in total. The minimum Gasteiger partial charge on any atom is -0.374 e. The van der Waals surface area contributed by atoms with Crippen LogP contribution in [0.15, 0.2) is 60.7 Å². The minimum absolute atomic E-state index is 0.0277. The lowest BCUT2D eigenvalue weighted by Crippen LogP contribution is -2.48. The third-order valence-electron chi connectivity index (χ3n) is 4.26. The molecule has 5 heteroatoms. The van der Waals surface area contributed by atoms with Crippen LogP contribution < -0.4 is 10.6 Å². The van der Waals surface area contributed by atoms with Gasteiger partial charge in [0.25, 0.3) is 0 Å². The first-order valence-corrected chi connectivity index (χ1v) is 8.73. The highest BCUT2D eigenvalue weighted by atomic mass is 16.5. The predicted octanol–water partition coefficient (Wildman–Crippen LogP) is 2.39. The first kappa shape index (κ1) is 17.5. The number of morpholine rings is 1. The van der Waals surface area contributed by atoms with Crippen molar-refractivity contribution in [3.8, 4) is 0 Å². The molecule has 1 aliphatic rings. The van der Waals surface area contributed by atoms with Gasteiger partial charge in [0.05, 0.1) is 12.7 Å². The van der Waals surface area contributed by atoms with Crippen LogP contribution in [0.25, 0.3) is 0 Å². The van der Waals surface area contributed by atoms with E-state index in [4.69, 9.17) is 4.74 Å². The summed E-state index contributed by atoms with van der Waals surface area (Å²) in [5.74, 6) is 0. The Labute approximate surface area is 149 Å². The number of carbonyl (C=O) groups excluding carboxylic acids is 1. The molecule has 0 aliphatic carbocycles. The minimum atomic E-state index is -0.160. The van der Waals surface area contributed by atoms with Gasteiger partial charge in [0.1, 0.15) is 0 Å². The van der Waals surface area contributed by atoms with E-state index in [1.54, 1.807) is 0 Å². The van der Waals surface area contributed by atoms with Gasteiger partial charge in [-0.3, -0.25) is 4.90 Å². The summed E-state index contributed by atoms with van der Waals surface area (Å²) < 4.78 is 5.77. The van der Waals surface area contributed by atoms with Gasteiger partial charge in [0, 0.05) is 32.7 Å². The van der Waals surface area contributed by atoms with E-state index in [0.717, 1.165) is 25.2 Å². The maximum Gasteiger partial charge on any atom is 0.315 e. The summed E-state index contributed by atoms with van der Waals surface area (Å²) in [6.45, 7) is 4.41. The average Bonchev–Trinajstić information content (AvgIpc) is 2.67. The van der Waals surface area contributed by atoms with Crippen LogP contribution in [0.5, 0.6) is 0 Å². The van der Waals surface area contributed by atoms with Crippen LogP contribution in [0, 0.1) is 0 Å². The van der Waals surface area contributed by atoms with Crippen LogP contribution in [0.4, 0.5) is 4.79 Å². The first-order valence-electron chi connectivity index (χ1n) is 8.73. The van der Waals surface area contributed by atoms with Crippen molar-refractivity contribution in [1.82, 2.24) is 15.5 Å². The SMILES string of the molecule is O=C(NCc1ccccc1)NC[C@@H]1CN(Cc2ccccc2)CCO1. The van der Waals surface area contributed by atoms with Gasteiger partial charge in [-0.1, -0.05) is 60.7 Å². The molecule has 1 saturated heterocycles. The number of rotatable bonds is 6. The van der Waals surface area contributed by atoms with E-state index in [0.29, 0.717) is 19.7 Å². The smallest absolute Gasteiger partial charge is 0.315 e. The predicted molar refractivity (Wildman–Crippen MR) is 98.1 cm³/mol. The summed E-state index contributed by atoms with van der Waals surface area (Å²) in [5, 5.41) is 5.78. The van der Waals surface area contributed by atoms with Gasteiger partial charge < -0.3 is 15.4 Å². The van der Waals surface area contributed by atoms with E-state index in [1.807, 2.05) is 36.4 Å². The van der Waals surface area contributed by atoms with Crippen LogP contribution in [0.3, 0.4) is 0 Å². The van der Waals surface area contributed by atoms with Gasteiger partial charge in [-0.2, -0.15) is 0 Å². The Balaban J connectivity index is 1.38. The molecule has 0 radical (unpaired) electrons. The van der Waals surface area contributed by atoms with Crippen LogP contribution in [-0.4, -0.2) is 43.3 Å². The second kappa shape index (κ2) is 9.20. The highest BCUT2D eigenvalue weighted by Crippen LogP contribution is 2.10. The number of urea groups is 1. The third-order valence-corrected chi connectivity index (χ3v) is 4.26. The van der Waals surface area contributed by atoms with Crippen LogP contribution in [-0.2, 0) is 17.8 Å². The fourth-order valence-electron chi connectivity index (χ4n) is 2.94. The number of benzene rings is 2. The van der Waals surface area contributed by atoms with E-state index in [-0.39, 0.29) is 12.1 Å². The fourth-order valence-corrected chi connectivity index (χ4v) is 2.94.